The van der Waals surface area contributed by atoms with Gasteiger partial charge in [-0.2, -0.15) is 22.0 Å². The average Bonchev–Trinajstić information content (AvgIpc) is 2.61. The molecule has 0 saturated heterocycles. The number of alkyl halides is 5. The van der Waals surface area contributed by atoms with Crippen molar-refractivity contribution in [2.75, 3.05) is 0 Å². The van der Waals surface area contributed by atoms with Gasteiger partial charge in [0, 0.05) is 6.07 Å². The molecule has 10 heteroatoms. The lowest BCUT2D eigenvalue weighted by molar-refractivity contribution is -0.189. The lowest BCUT2D eigenvalue weighted by Gasteiger charge is -2.20. The minimum absolute atomic E-state index is 0.167. The third-order valence-electron chi connectivity index (χ3n) is 4.06. The Labute approximate surface area is 173 Å². The molecule has 0 unspecified atom stereocenters. The summed E-state index contributed by atoms with van der Waals surface area (Å²) in [6.45, 7) is 1.93. The van der Waals surface area contributed by atoms with Crippen LogP contribution in [0.1, 0.15) is 37.3 Å². The summed E-state index contributed by atoms with van der Waals surface area (Å²) in [4.78, 5) is 0. The Bertz CT molecular complexity index is 899. The Morgan fingerprint density at radius 1 is 0.871 bits per heavy atom. The van der Waals surface area contributed by atoms with Crippen LogP contribution in [0.3, 0.4) is 0 Å². The third kappa shape index (κ3) is 7.15. The van der Waals surface area contributed by atoms with E-state index in [9.17, 15) is 35.1 Å². The fourth-order valence-corrected chi connectivity index (χ4v) is 2.65. The molecule has 0 aliphatic rings. The van der Waals surface area contributed by atoms with Gasteiger partial charge in [-0.15, -0.1) is 0 Å². The quantitative estimate of drug-likeness (QED) is 0.223. The van der Waals surface area contributed by atoms with E-state index in [4.69, 9.17) is 0 Å². The highest BCUT2D eigenvalue weighted by atomic mass is 19.4. The molecule has 0 radical (unpaired) electrons. The first-order valence-electron chi connectivity index (χ1n) is 9.19. The van der Waals surface area contributed by atoms with Gasteiger partial charge >= 0.3 is 12.3 Å². The van der Waals surface area contributed by atoms with Gasteiger partial charge in [0.1, 0.15) is 22.9 Å². The molecule has 0 atom stereocenters. The SMILES string of the molecule is CCCCCc1cc(F)c(C(F)(F)Oc2ccc(O/C=C/C(F)(F)F)c(F)c2)c(F)c1. The molecule has 0 heterocycles. The number of allylic oxidation sites excluding steroid dienone is 1. The molecule has 0 aromatic heterocycles. The third-order valence-corrected chi connectivity index (χ3v) is 4.06. The predicted molar refractivity (Wildman–Crippen MR) is 96.3 cm³/mol. The van der Waals surface area contributed by atoms with Crippen molar-refractivity contribution in [2.45, 2.75) is 44.9 Å². The highest BCUT2D eigenvalue weighted by molar-refractivity contribution is 5.35. The molecule has 0 bridgehead atoms. The highest BCUT2D eigenvalue weighted by Gasteiger charge is 2.41. The number of hydrogen-bond acceptors (Lipinski definition) is 2. The van der Waals surface area contributed by atoms with E-state index in [1.165, 1.54) is 0 Å². The molecule has 2 nitrogen and oxygen atoms in total. The molecule has 0 saturated carbocycles. The number of aryl methyl sites for hydroxylation is 1. The van der Waals surface area contributed by atoms with Crippen LogP contribution in [-0.4, -0.2) is 6.18 Å². The minimum atomic E-state index is -4.69. The fraction of sp³-hybridized carbons (Fsp3) is 0.333. The van der Waals surface area contributed by atoms with E-state index in [1.54, 1.807) is 0 Å². The molecule has 2 rings (SSSR count). The number of rotatable bonds is 9. The van der Waals surface area contributed by atoms with Crippen molar-refractivity contribution in [1.29, 1.82) is 0 Å². The largest absolute Gasteiger partial charge is 0.462 e. The maximum absolute atomic E-state index is 14.4. The predicted octanol–water partition coefficient (Wildman–Crippen LogP) is 7.42. The Balaban J connectivity index is 2.18. The van der Waals surface area contributed by atoms with Crippen molar-refractivity contribution in [3.63, 3.8) is 0 Å². The molecule has 170 valence electrons. The molecule has 31 heavy (non-hydrogen) atoms. The second kappa shape index (κ2) is 10.0. The normalized spacial score (nSPS) is 12.4. The van der Waals surface area contributed by atoms with Gasteiger partial charge in [-0.25, -0.2) is 13.2 Å². The van der Waals surface area contributed by atoms with E-state index in [1.807, 2.05) is 6.92 Å². The van der Waals surface area contributed by atoms with Crippen LogP contribution in [-0.2, 0) is 12.5 Å². The highest BCUT2D eigenvalue weighted by Crippen LogP contribution is 2.36. The first-order valence-corrected chi connectivity index (χ1v) is 9.19. The summed E-state index contributed by atoms with van der Waals surface area (Å²) in [6.07, 6.45) is -6.70. The summed E-state index contributed by atoms with van der Waals surface area (Å²) in [5.74, 6) is -5.89. The lowest BCUT2D eigenvalue weighted by Crippen LogP contribution is -2.25. The zero-order valence-electron chi connectivity index (χ0n) is 16.2. The second-order valence-electron chi connectivity index (χ2n) is 6.56. The van der Waals surface area contributed by atoms with Crippen molar-refractivity contribution >= 4 is 0 Å². The summed E-state index contributed by atoms with van der Waals surface area (Å²) in [5, 5.41) is 0. The van der Waals surface area contributed by atoms with E-state index in [2.05, 4.69) is 9.47 Å². The molecule has 2 aromatic carbocycles. The van der Waals surface area contributed by atoms with Crippen LogP contribution in [0.4, 0.5) is 35.1 Å². The zero-order chi connectivity index (χ0) is 23.2. The maximum Gasteiger partial charge on any atom is 0.432 e. The summed E-state index contributed by atoms with van der Waals surface area (Å²) in [7, 11) is 0. The number of hydrogen-bond donors (Lipinski definition) is 0. The van der Waals surface area contributed by atoms with Crippen LogP contribution < -0.4 is 9.47 Å². The number of ether oxygens (including phenoxy) is 2. The standard InChI is InChI=1S/C21H18F8O2/c1-2-3-4-5-13-10-16(23)19(17(24)11-13)21(28,29)31-14-6-7-18(15(22)12-14)30-9-8-20(25,26)27/h6-12H,2-5H2,1H3/b9-8+. The van der Waals surface area contributed by atoms with Crippen molar-refractivity contribution in [3.05, 3.63) is 71.2 Å². The van der Waals surface area contributed by atoms with Gasteiger partial charge in [0.05, 0.1) is 12.3 Å². The molecular weight excluding hydrogens is 436 g/mol. The van der Waals surface area contributed by atoms with Crippen LogP contribution in [0.25, 0.3) is 0 Å². The van der Waals surface area contributed by atoms with Crippen LogP contribution in [0.15, 0.2) is 42.7 Å². The maximum atomic E-state index is 14.4. The summed E-state index contributed by atoms with van der Waals surface area (Å²) in [6, 6.07) is 3.44. The van der Waals surface area contributed by atoms with E-state index in [0.29, 0.717) is 18.9 Å². The van der Waals surface area contributed by atoms with Crippen molar-refractivity contribution in [3.8, 4) is 11.5 Å². The van der Waals surface area contributed by atoms with Gasteiger partial charge in [-0.3, -0.25) is 0 Å². The zero-order valence-corrected chi connectivity index (χ0v) is 16.2. The average molecular weight is 454 g/mol. The molecule has 0 fully saturated rings. The molecule has 0 spiro atoms. The van der Waals surface area contributed by atoms with E-state index in [0.717, 1.165) is 37.1 Å². The molecule has 0 aliphatic carbocycles. The van der Waals surface area contributed by atoms with Crippen molar-refractivity contribution < 1.29 is 44.6 Å². The molecule has 0 amide bonds. The number of benzene rings is 2. The van der Waals surface area contributed by atoms with Crippen LogP contribution in [0.5, 0.6) is 11.5 Å². The fourth-order valence-electron chi connectivity index (χ4n) is 2.65. The van der Waals surface area contributed by atoms with Crippen molar-refractivity contribution in [1.82, 2.24) is 0 Å². The Hall–Kier alpha value is -2.78. The molecule has 0 N–H and O–H groups in total. The van der Waals surface area contributed by atoms with Gasteiger partial charge in [-0.05, 0) is 42.7 Å². The van der Waals surface area contributed by atoms with Gasteiger partial charge in [-0.1, -0.05) is 19.8 Å². The summed E-state index contributed by atoms with van der Waals surface area (Å²) >= 11 is 0. The number of unbranched alkanes of at least 4 members (excludes halogenated alkanes) is 2. The van der Waals surface area contributed by atoms with Crippen LogP contribution in [0, 0.1) is 17.5 Å². The van der Waals surface area contributed by atoms with Crippen LogP contribution >= 0.6 is 0 Å². The topological polar surface area (TPSA) is 18.5 Å². The van der Waals surface area contributed by atoms with Gasteiger partial charge in [0.2, 0.25) is 0 Å². The van der Waals surface area contributed by atoms with E-state index < -0.39 is 46.8 Å². The van der Waals surface area contributed by atoms with Crippen molar-refractivity contribution in [2.24, 2.45) is 0 Å². The van der Waals surface area contributed by atoms with E-state index in [-0.39, 0.29) is 17.9 Å². The second-order valence-corrected chi connectivity index (χ2v) is 6.56. The Morgan fingerprint density at radius 3 is 2.06 bits per heavy atom. The molecular formula is C21H18F8O2. The summed E-state index contributed by atoms with van der Waals surface area (Å²) < 4.78 is 116. The lowest BCUT2D eigenvalue weighted by atomic mass is 10.0. The smallest absolute Gasteiger partial charge is 0.432 e. The van der Waals surface area contributed by atoms with E-state index >= 15 is 0 Å². The van der Waals surface area contributed by atoms with Gasteiger partial charge in [0.25, 0.3) is 0 Å². The molecule has 0 aliphatic heterocycles. The summed E-state index contributed by atoms with van der Waals surface area (Å²) in [5.41, 5.74) is -1.43. The van der Waals surface area contributed by atoms with Crippen LogP contribution in [0.2, 0.25) is 0 Å². The number of halogens is 8. The Morgan fingerprint density at radius 2 is 1.52 bits per heavy atom. The Kier molecular flexibility index (Phi) is 7.91. The first-order chi connectivity index (χ1) is 14.4. The molecule has 2 aromatic rings. The first kappa shape index (κ1) is 24.5. The van der Waals surface area contributed by atoms with Gasteiger partial charge in [0.15, 0.2) is 11.6 Å². The van der Waals surface area contributed by atoms with Gasteiger partial charge < -0.3 is 9.47 Å². The minimum Gasteiger partial charge on any atom is -0.462 e. The monoisotopic (exact) mass is 454 g/mol.